The number of hydrogen-bond acceptors (Lipinski definition) is 3. The van der Waals surface area contributed by atoms with Crippen LogP contribution in [0.5, 0.6) is 0 Å². The zero-order valence-electron chi connectivity index (χ0n) is 12.0. The Hall–Kier alpha value is -1.65. The highest BCUT2D eigenvalue weighted by atomic mass is 19.1. The lowest BCUT2D eigenvalue weighted by Gasteiger charge is -2.17. The first kappa shape index (κ1) is 15.4. The molecule has 0 spiro atoms. The van der Waals surface area contributed by atoms with E-state index in [0.717, 1.165) is 12.6 Å². The van der Waals surface area contributed by atoms with Crippen molar-refractivity contribution in [3.63, 3.8) is 0 Å². The van der Waals surface area contributed by atoms with E-state index in [0.29, 0.717) is 18.3 Å². The van der Waals surface area contributed by atoms with Crippen molar-refractivity contribution < 1.29 is 9.18 Å². The van der Waals surface area contributed by atoms with Gasteiger partial charge in [0, 0.05) is 12.6 Å². The quantitative estimate of drug-likeness (QED) is 0.833. The van der Waals surface area contributed by atoms with Crippen LogP contribution >= 0.6 is 0 Å². The summed E-state index contributed by atoms with van der Waals surface area (Å²) in [5.74, 6) is 0.103. The molecule has 106 valence electrons. The second kappa shape index (κ2) is 7.07. The second-order valence-electron chi connectivity index (χ2n) is 5.08. The van der Waals surface area contributed by atoms with Gasteiger partial charge in [0.05, 0.1) is 11.8 Å². The monoisotopic (exact) mass is 267 g/mol. The van der Waals surface area contributed by atoms with Gasteiger partial charge in [0.25, 0.3) is 5.91 Å². The van der Waals surface area contributed by atoms with Crippen molar-refractivity contribution in [1.82, 2.24) is 10.3 Å². The molecule has 0 aliphatic heterocycles. The SMILES string of the molecule is CCNc1ncc(F)cc1C(=O)NC(C)CC(C)C. The summed E-state index contributed by atoms with van der Waals surface area (Å²) in [5, 5.41) is 5.83. The fourth-order valence-electron chi connectivity index (χ4n) is 1.99. The highest BCUT2D eigenvalue weighted by Crippen LogP contribution is 2.14. The van der Waals surface area contributed by atoms with Gasteiger partial charge in [0.1, 0.15) is 11.6 Å². The lowest BCUT2D eigenvalue weighted by molar-refractivity contribution is 0.0936. The molecule has 0 fully saturated rings. The van der Waals surface area contributed by atoms with E-state index in [1.54, 1.807) is 0 Å². The summed E-state index contributed by atoms with van der Waals surface area (Å²) in [6.45, 7) is 8.65. The maximum atomic E-state index is 13.2. The van der Waals surface area contributed by atoms with E-state index in [2.05, 4.69) is 29.5 Å². The van der Waals surface area contributed by atoms with Gasteiger partial charge in [0.15, 0.2) is 0 Å². The molecule has 1 atom stereocenters. The first-order chi connectivity index (χ1) is 8.93. The van der Waals surface area contributed by atoms with Gasteiger partial charge in [-0.25, -0.2) is 9.37 Å². The Balaban J connectivity index is 2.83. The molecule has 0 bridgehead atoms. The number of nitrogens with zero attached hydrogens (tertiary/aromatic N) is 1. The summed E-state index contributed by atoms with van der Waals surface area (Å²) in [7, 11) is 0. The van der Waals surface area contributed by atoms with Crippen molar-refractivity contribution in [3.05, 3.63) is 23.6 Å². The largest absolute Gasteiger partial charge is 0.370 e. The average Bonchev–Trinajstić information content (AvgIpc) is 2.30. The van der Waals surface area contributed by atoms with Gasteiger partial charge < -0.3 is 10.6 Å². The number of carbonyl (C=O) groups excluding carboxylic acids is 1. The highest BCUT2D eigenvalue weighted by molar-refractivity contribution is 5.98. The van der Waals surface area contributed by atoms with E-state index < -0.39 is 5.82 Å². The number of carbonyl (C=O) groups is 1. The fourth-order valence-corrected chi connectivity index (χ4v) is 1.99. The smallest absolute Gasteiger partial charge is 0.255 e. The van der Waals surface area contributed by atoms with E-state index in [1.165, 1.54) is 6.07 Å². The van der Waals surface area contributed by atoms with Crippen LogP contribution in [0.25, 0.3) is 0 Å². The average molecular weight is 267 g/mol. The van der Waals surface area contributed by atoms with Gasteiger partial charge in [-0.3, -0.25) is 4.79 Å². The van der Waals surface area contributed by atoms with Gasteiger partial charge in [-0.2, -0.15) is 0 Å². The minimum Gasteiger partial charge on any atom is -0.370 e. The third-order valence-corrected chi connectivity index (χ3v) is 2.65. The number of halogens is 1. The Morgan fingerprint density at radius 3 is 2.68 bits per heavy atom. The van der Waals surface area contributed by atoms with Gasteiger partial charge in [-0.15, -0.1) is 0 Å². The number of hydrogen-bond donors (Lipinski definition) is 2. The summed E-state index contributed by atoms with van der Waals surface area (Å²) < 4.78 is 13.2. The molecule has 1 heterocycles. The van der Waals surface area contributed by atoms with Crippen LogP contribution < -0.4 is 10.6 Å². The molecule has 0 saturated heterocycles. The van der Waals surface area contributed by atoms with Crippen LogP contribution in [-0.2, 0) is 0 Å². The lowest BCUT2D eigenvalue weighted by Crippen LogP contribution is -2.34. The molecule has 0 aliphatic rings. The van der Waals surface area contributed by atoms with E-state index in [9.17, 15) is 9.18 Å². The number of anilines is 1. The Morgan fingerprint density at radius 2 is 2.11 bits per heavy atom. The molecule has 2 N–H and O–H groups in total. The Kier molecular flexibility index (Phi) is 5.73. The number of amides is 1. The standard InChI is InChI=1S/C14H22FN3O/c1-5-16-13-12(7-11(15)8-17-13)14(19)18-10(4)6-9(2)3/h7-10H,5-6H2,1-4H3,(H,16,17)(H,18,19). The summed E-state index contributed by atoms with van der Waals surface area (Å²) in [5.41, 5.74) is 0.248. The van der Waals surface area contributed by atoms with E-state index in [4.69, 9.17) is 0 Å². The first-order valence-electron chi connectivity index (χ1n) is 6.64. The molecule has 5 heteroatoms. The van der Waals surface area contributed by atoms with Crippen LogP contribution in [0.2, 0.25) is 0 Å². The Morgan fingerprint density at radius 1 is 1.42 bits per heavy atom. The van der Waals surface area contributed by atoms with Crippen molar-refractivity contribution in [3.8, 4) is 0 Å². The van der Waals surface area contributed by atoms with Crippen molar-refractivity contribution in [2.75, 3.05) is 11.9 Å². The van der Waals surface area contributed by atoms with Gasteiger partial charge in [-0.05, 0) is 32.3 Å². The van der Waals surface area contributed by atoms with Crippen molar-refractivity contribution >= 4 is 11.7 Å². The zero-order chi connectivity index (χ0) is 14.4. The Labute approximate surface area is 113 Å². The first-order valence-corrected chi connectivity index (χ1v) is 6.64. The molecule has 1 rings (SSSR count). The topological polar surface area (TPSA) is 54.0 Å². The number of pyridine rings is 1. The van der Waals surface area contributed by atoms with Crippen LogP contribution in [0.3, 0.4) is 0 Å². The van der Waals surface area contributed by atoms with Crippen LogP contribution in [0.1, 0.15) is 44.5 Å². The number of nitrogens with one attached hydrogen (secondary N) is 2. The highest BCUT2D eigenvalue weighted by Gasteiger charge is 2.16. The molecule has 0 aromatic carbocycles. The molecular weight excluding hydrogens is 245 g/mol. The summed E-state index contributed by atoms with van der Waals surface area (Å²) in [4.78, 5) is 16.0. The Bertz CT molecular complexity index is 435. The van der Waals surface area contributed by atoms with E-state index >= 15 is 0 Å². The van der Waals surface area contributed by atoms with Crippen LogP contribution in [-0.4, -0.2) is 23.5 Å². The molecule has 1 aromatic rings. The van der Waals surface area contributed by atoms with Crippen molar-refractivity contribution in [2.24, 2.45) is 5.92 Å². The van der Waals surface area contributed by atoms with Crippen LogP contribution in [0, 0.1) is 11.7 Å². The summed E-state index contributed by atoms with van der Waals surface area (Å²) in [6, 6.07) is 1.26. The molecule has 1 amide bonds. The summed E-state index contributed by atoms with van der Waals surface area (Å²) >= 11 is 0. The number of aromatic nitrogens is 1. The van der Waals surface area contributed by atoms with E-state index in [1.807, 2.05) is 13.8 Å². The molecule has 0 saturated carbocycles. The van der Waals surface area contributed by atoms with Crippen molar-refractivity contribution in [1.29, 1.82) is 0 Å². The predicted molar refractivity (Wildman–Crippen MR) is 74.7 cm³/mol. The van der Waals surface area contributed by atoms with E-state index in [-0.39, 0.29) is 17.5 Å². The summed E-state index contributed by atoms with van der Waals surface area (Å²) in [6.07, 6.45) is 1.98. The fraction of sp³-hybridized carbons (Fsp3) is 0.571. The minimum absolute atomic E-state index is 0.0465. The van der Waals surface area contributed by atoms with Crippen LogP contribution in [0.4, 0.5) is 10.2 Å². The minimum atomic E-state index is -0.511. The lowest BCUT2D eigenvalue weighted by atomic mass is 10.0. The third-order valence-electron chi connectivity index (χ3n) is 2.65. The third kappa shape index (κ3) is 4.85. The molecule has 4 nitrogen and oxygen atoms in total. The molecule has 1 unspecified atom stereocenters. The normalized spacial score (nSPS) is 12.3. The molecule has 19 heavy (non-hydrogen) atoms. The van der Waals surface area contributed by atoms with Gasteiger partial charge in [0.2, 0.25) is 0 Å². The molecular formula is C14H22FN3O. The maximum absolute atomic E-state index is 13.2. The van der Waals surface area contributed by atoms with Gasteiger partial charge in [-0.1, -0.05) is 13.8 Å². The van der Waals surface area contributed by atoms with Crippen molar-refractivity contribution in [2.45, 2.75) is 40.2 Å². The maximum Gasteiger partial charge on any atom is 0.255 e. The second-order valence-corrected chi connectivity index (χ2v) is 5.08. The zero-order valence-corrected chi connectivity index (χ0v) is 12.0. The van der Waals surface area contributed by atoms with Crippen LogP contribution in [0.15, 0.2) is 12.3 Å². The molecule has 0 radical (unpaired) electrons. The number of rotatable bonds is 6. The predicted octanol–water partition coefficient (Wildman–Crippen LogP) is 2.82. The molecule has 0 aliphatic carbocycles. The molecule has 1 aromatic heterocycles. The van der Waals surface area contributed by atoms with Gasteiger partial charge >= 0.3 is 0 Å².